The van der Waals surface area contributed by atoms with E-state index in [1.54, 1.807) is 12.1 Å². The number of rotatable bonds is 2. The van der Waals surface area contributed by atoms with Crippen LogP contribution in [0, 0.1) is 12.7 Å². The summed E-state index contributed by atoms with van der Waals surface area (Å²) in [5, 5.41) is 2.15. The van der Waals surface area contributed by atoms with Crippen molar-refractivity contribution in [2.24, 2.45) is 5.73 Å². The van der Waals surface area contributed by atoms with Gasteiger partial charge in [0.1, 0.15) is 5.82 Å². The molecule has 1 aliphatic carbocycles. The molecular weight excluding hydrogens is 257 g/mol. The number of nitrogens with two attached hydrogens (primary N) is 1. The lowest BCUT2D eigenvalue weighted by Crippen LogP contribution is -2.23. The van der Waals surface area contributed by atoms with Gasteiger partial charge in [0, 0.05) is 16.8 Å². The molecule has 0 amide bonds. The lowest BCUT2D eigenvalue weighted by atomic mass is 9.80. The largest absolute Gasteiger partial charge is 0.323 e. The Kier molecular flexibility index (Phi) is 3.42. The van der Waals surface area contributed by atoms with Gasteiger partial charge in [-0.2, -0.15) is 0 Å². The summed E-state index contributed by atoms with van der Waals surface area (Å²) >= 11 is 1.82. The highest BCUT2D eigenvalue weighted by molar-refractivity contribution is 7.10. The first kappa shape index (κ1) is 12.8. The van der Waals surface area contributed by atoms with E-state index in [0.717, 1.165) is 17.5 Å². The standard InChI is InChI=1S/C16H18FNS/c1-10-7-11(9-12(17)8-10)16(18)14-3-2-4-15-13(14)5-6-19-15/h5-9,14,16H,2-4,18H2,1H3. The predicted octanol–water partition coefficient (Wildman–Crippen LogP) is 4.32. The Morgan fingerprint density at radius 3 is 3.00 bits per heavy atom. The summed E-state index contributed by atoms with van der Waals surface area (Å²) in [6.07, 6.45) is 3.44. The number of halogens is 1. The maximum Gasteiger partial charge on any atom is 0.123 e. The number of hydrogen-bond acceptors (Lipinski definition) is 2. The van der Waals surface area contributed by atoms with Crippen LogP contribution < -0.4 is 5.73 Å². The summed E-state index contributed by atoms with van der Waals surface area (Å²) in [6.45, 7) is 1.91. The minimum absolute atomic E-state index is 0.108. The maximum atomic E-state index is 13.5. The van der Waals surface area contributed by atoms with Gasteiger partial charge in [-0.15, -0.1) is 11.3 Å². The third-order valence-corrected chi connectivity index (χ3v) is 4.98. The first-order chi connectivity index (χ1) is 9.15. The molecule has 2 N–H and O–H groups in total. The van der Waals surface area contributed by atoms with Crippen molar-refractivity contribution >= 4 is 11.3 Å². The van der Waals surface area contributed by atoms with E-state index in [4.69, 9.17) is 5.73 Å². The van der Waals surface area contributed by atoms with Gasteiger partial charge in [-0.25, -0.2) is 4.39 Å². The van der Waals surface area contributed by atoms with Crippen LogP contribution in [0.25, 0.3) is 0 Å². The molecule has 0 aliphatic heterocycles. The summed E-state index contributed by atoms with van der Waals surface area (Å²) in [6, 6.07) is 7.22. The van der Waals surface area contributed by atoms with Crippen molar-refractivity contribution in [3.63, 3.8) is 0 Å². The summed E-state index contributed by atoms with van der Waals surface area (Å²) < 4.78 is 13.5. The molecule has 0 bridgehead atoms. The Balaban J connectivity index is 1.95. The Hall–Kier alpha value is -1.19. The van der Waals surface area contributed by atoms with Gasteiger partial charge in [0.25, 0.3) is 0 Å². The molecule has 0 fully saturated rings. The number of hydrogen-bond donors (Lipinski definition) is 1. The van der Waals surface area contributed by atoms with Gasteiger partial charge in [-0.05, 0) is 66.5 Å². The second kappa shape index (κ2) is 5.06. The predicted molar refractivity (Wildman–Crippen MR) is 78.1 cm³/mol. The molecular formula is C16H18FNS. The van der Waals surface area contributed by atoms with Crippen molar-refractivity contribution in [2.45, 2.75) is 38.1 Å². The van der Waals surface area contributed by atoms with Crippen LogP contribution in [0.5, 0.6) is 0 Å². The minimum Gasteiger partial charge on any atom is -0.323 e. The third-order valence-electron chi connectivity index (χ3n) is 3.98. The van der Waals surface area contributed by atoms with Crippen molar-refractivity contribution in [2.75, 3.05) is 0 Å². The SMILES string of the molecule is Cc1cc(F)cc(C(N)C2CCCc3sccc32)c1. The van der Waals surface area contributed by atoms with Crippen LogP contribution in [0.3, 0.4) is 0 Å². The molecule has 0 spiro atoms. The third kappa shape index (κ3) is 2.45. The zero-order chi connectivity index (χ0) is 13.4. The Bertz CT molecular complexity index is 570. The van der Waals surface area contributed by atoms with Crippen molar-refractivity contribution in [1.29, 1.82) is 0 Å². The van der Waals surface area contributed by atoms with E-state index in [-0.39, 0.29) is 11.9 Å². The molecule has 1 aromatic heterocycles. The van der Waals surface area contributed by atoms with Gasteiger partial charge in [0.2, 0.25) is 0 Å². The lowest BCUT2D eigenvalue weighted by Gasteiger charge is -2.28. The first-order valence-electron chi connectivity index (χ1n) is 6.74. The quantitative estimate of drug-likeness (QED) is 0.868. The fourth-order valence-electron chi connectivity index (χ4n) is 3.08. The van der Waals surface area contributed by atoms with Crippen LogP contribution in [0.4, 0.5) is 4.39 Å². The summed E-state index contributed by atoms with van der Waals surface area (Å²) in [4.78, 5) is 1.46. The van der Waals surface area contributed by atoms with Gasteiger partial charge in [0.15, 0.2) is 0 Å². The summed E-state index contributed by atoms with van der Waals surface area (Å²) in [5.74, 6) is 0.142. The van der Waals surface area contributed by atoms with E-state index < -0.39 is 0 Å². The molecule has 0 saturated heterocycles. The van der Waals surface area contributed by atoms with Crippen LogP contribution in [0.1, 0.15) is 46.4 Å². The highest BCUT2D eigenvalue weighted by atomic mass is 32.1. The van der Waals surface area contributed by atoms with E-state index in [0.29, 0.717) is 5.92 Å². The van der Waals surface area contributed by atoms with E-state index >= 15 is 0 Å². The minimum atomic E-state index is -0.188. The molecule has 3 rings (SSSR count). The Labute approximate surface area is 117 Å². The first-order valence-corrected chi connectivity index (χ1v) is 7.62. The molecule has 100 valence electrons. The second-order valence-electron chi connectivity index (χ2n) is 5.39. The second-order valence-corrected chi connectivity index (χ2v) is 6.39. The highest BCUT2D eigenvalue weighted by Gasteiger charge is 2.27. The van der Waals surface area contributed by atoms with Crippen molar-refractivity contribution in [3.05, 3.63) is 57.0 Å². The van der Waals surface area contributed by atoms with Crippen LogP contribution in [-0.2, 0) is 6.42 Å². The molecule has 1 nitrogen and oxygen atoms in total. The molecule has 1 aromatic carbocycles. The highest BCUT2D eigenvalue weighted by Crippen LogP contribution is 2.41. The van der Waals surface area contributed by atoms with Crippen LogP contribution >= 0.6 is 11.3 Å². The van der Waals surface area contributed by atoms with Crippen LogP contribution in [0.15, 0.2) is 29.6 Å². The molecule has 2 aromatic rings. The fourth-order valence-corrected chi connectivity index (χ4v) is 4.08. The van der Waals surface area contributed by atoms with Crippen molar-refractivity contribution in [3.8, 4) is 0 Å². The van der Waals surface area contributed by atoms with Gasteiger partial charge in [0.05, 0.1) is 0 Å². The Morgan fingerprint density at radius 2 is 2.21 bits per heavy atom. The number of aryl methyl sites for hydroxylation is 2. The monoisotopic (exact) mass is 275 g/mol. The summed E-state index contributed by atoms with van der Waals surface area (Å²) in [5.41, 5.74) is 9.65. The molecule has 19 heavy (non-hydrogen) atoms. The maximum absolute atomic E-state index is 13.5. The molecule has 1 aliphatic rings. The normalized spacial score (nSPS) is 20.1. The molecule has 3 heteroatoms. The smallest absolute Gasteiger partial charge is 0.123 e. The molecule has 2 unspecified atom stereocenters. The molecule has 2 atom stereocenters. The number of thiophene rings is 1. The van der Waals surface area contributed by atoms with Gasteiger partial charge < -0.3 is 5.73 Å². The molecule has 1 heterocycles. The fraction of sp³-hybridized carbons (Fsp3) is 0.375. The molecule has 0 radical (unpaired) electrons. The Morgan fingerprint density at radius 1 is 1.37 bits per heavy atom. The van der Waals surface area contributed by atoms with Crippen molar-refractivity contribution in [1.82, 2.24) is 0 Å². The average molecular weight is 275 g/mol. The van der Waals surface area contributed by atoms with Gasteiger partial charge >= 0.3 is 0 Å². The number of benzene rings is 1. The van der Waals surface area contributed by atoms with Gasteiger partial charge in [-0.3, -0.25) is 0 Å². The zero-order valence-electron chi connectivity index (χ0n) is 11.0. The topological polar surface area (TPSA) is 26.0 Å². The number of fused-ring (bicyclic) bond motifs is 1. The van der Waals surface area contributed by atoms with Crippen LogP contribution in [-0.4, -0.2) is 0 Å². The zero-order valence-corrected chi connectivity index (χ0v) is 11.8. The molecule has 0 saturated carbocycles. The average Bonchev–Trinajstić information content (AvgIpc) is 2.84. The lowest BCUT2D eigenvalue weighted by molar-refractivity contribution is 0.476. The van der Waals surface area contributed by atoms with Gasteiger partial charge in [-0.1, -0.05) is 6.07 Å². The van der Waals surface area contributed by atoms with Crippen LogP contribution in [0.2, 0.25) is 0 Å². The van der Waals surface area contributed by atoms with E-state index in [1.807, 2.05) is 24.3 Å². The van der Waals surface area contributed by atoms with Crippen molar-refractivity contribution < 1.29 is 4.39 Å². The van der Waals surface area contributed by atoms with E-state index in [2.05, 4.69) is 11.4 Å². The van der Waals surface area contributed by atoms with E-state index in [1.165, 1.54) is 23.3 Å². The van der Waals surface area contributed by atoms with E-state index in [9.17, 15) is 4.39 Å². The summed E-state index contributed by atoms with van der Waals surface area (Å²) in [7, 11) is 0.